The van der Waals surface area contributed by atoms with Crippen molar-refractivity contribution in [1.82, 2.24) is 0 Å². The predicted octanol–water partition coefficient (Wildman–Crippen LogP) is 22.2. The summed E-state index contributed by atoms with van der Waals surface area (Å²) in [6.45, 7) is 64.2. The van der Waals surface area contributed by atoms with Gasteiger partial charge in [0.25, 0.3) is 0 Å². The van der Waals surface area contributed by atoms with Crippen molar-refractivity contribution >= 4 is 27.4 Å². The molecule has 0 N–H and O–H groups in total. The van der Waals surface area contributed by atoms with Gasteiger partial charge in [0.2, 0.25) is 0 Å². The van der Waals surface area contributed by atoms with Crippen molar-refractivity contribution in [3.05, 3.63) is 164 Å². The molecule has 0 bridgehead atoms. The molecule has 0 heterocycles. The van der Waals surface area contributed by atoms with E-state index in [-0.39, 0.29) is 43.3 Å². The first kappa shape index (κ1) is 66.5. The lowest BCUT2D eigenvalue weighted by atomic mass is 9.78. The Morgan fingerprint density at radius 2 is 0.439 bits per heavy atom. The molecule has 446 valence electrons. The molecule has 0 aliphatic rings. The lowest BCUT2D eigenvalue weighted by Gasteiger charge is -2.33. The van der Waals surface area contributed by atoms with E-state index in [1.54, 1.807) is 0 Å². The van der Waals surface area contributed by atoms with E-state index in [0.29, 0.717) is 0 Å². The molecule has 0 saturated heterocycles. The zero-order valence-corrected chi connectivity index (χ0v) is 58.4. The Morgan fingerprint density at radius 1 is 0.256 bits per heavy atom. The fourth-order valence-corrected chi connectivity index (χ4v) is 13.1. The molecule has 6 aromatic rings. The molecular weight excluding hydrogens is 1040 g/mol. The molecule has 6 aromatic carbocycles. The zero-order chi connectivity index (χ0) is 61.7. The van der Waals surface area contributed by atoms with Gasteiger partial charge in [-0.1, -0.05) is 267 Å². The Labute approximate surface area is 503 Å². The summed E-state index contributed by atoms with van der Waals surface area (Å²) < 4.78 is 30.2. The Morgan fingerprint density at radius 3 is 0.585 bits per heavy atom. The van der Waals surface area contributed by atoms with Crippen LogP contribution in [0.15, 0.2) is 97.1 Å². The number of hydrogen-bond acceptors (Lipinski definition) is 4. The van der Waals surface area contributed by atoms with Gasteiger partial charge in [-0.3, -0.25) is 0 Å². The van der Waals surface area contributed by atoms with Crippen LogP contribution in [0.4, 0.5) is 0 Å². The lowest BCUT2D eigenvalue weighted by Crippen LogP contribution is -2.22. The van der Waals surface area contributed by atoms with Crippen LogP contribution < -0.4 is 28.7 Å². The molecule has 0 atom stereocenters. The van der Waals surface area contributed by atoms with Gasteiger partial charge in [0, 0.05) is 22.3 Å². The third-order valence-electron chi connectivity index (χ3n) is 16.1. The number of benzene rings is 6. The van der Waals surface area contributed by atoms with Crippen LogP contribution in [-0.4, -0.2) is 0 Å². The molecule has 0 aromatic heterocycles. The van der Waals surface area contributed by atoms with Crippen LogP contribution in [0.3, 0.4) is 0 Å². The van der Waals surface area contributed by atoms with Crippen LogP contribution >= 0.6 is 16.8 Å². The van der Waals surface area contributed by atoms with Gasteiger partial charge in [-0.15, -0.1) is 0 Å². The van der Waals surface area contributed by atoms with Crippen LogP contribution in [0.25, 0.3) is 11.1 Å². The number of aryl methyl sites for hydroxylation is 4. The van der Waals surface area contributed by atoms with E-state index in [2.05, 4.69) is 291 Å². The maximum absolute atomic E-state index is 7.56. The highest BCUT2D eigenvalue weighted by Gasteiger charge is 2.35. The Hall–Kier alpha value is -4.62. The molecule has 0 amide bonds. The Bertz CT molecular complexity index is 2790. The zero-order valence-electron chi connectivity index (χ0n) is 56.6. The van der Waals surface area contributed by atoms with Crippen LogP contribution in [0.1, 0.15) is 261 Å². The molecule has 0 spiro atoms. The molecule has 0 radical (unpaired) electrons. The first-order valence-corrected chi connectivity index (χ1v) is 33.1. The molecule has 4 nitrogen and oxygen atoms in total. The Kier molecular flexibility index (Phi) is 19.8. The van der Waals surface area contributed by atoms with Crippen molar-refractivity contribution in [1.29, 1.82) is 0 Å². The average Bonchev–Trinajstić information content (AvgIpc) is 3.38. The predicted molar refractivity (Wildman–Crippen MR) is 360 cm³/mol. The van der Waals surface area contributed by atoms with Crippen molar-refractivity contribution in [2.24, 2.45) is 0 Å². The van der Waals surface area contributed by atoms with Crippen LogP contribution in [0, 0.1) is 0 Å². The van der Waals surface area contributed by atoms with Gasteiger partial charge in [0.05, 0.1) is 10.6 Å². The molecule has 0 unspecified atom stereocenters. The standard InChI is InChI=1S/C76H108O4P2/c1-29-49-41-55(69(5,6)7)45-61(73(17,18)19)65(49)77-81(78-66-50(30-2)42-56(70(8,9)10)46-62(66)74(20,21)22)59-37-33-53(34-38-59)54-35-39-60(40-36-54)82(79-67-51(31-3)43-57(71(11,12)13)47-63(67)75(23,24)25)80-68-52(32-4)44-58(72(14,15)16)48-64(68)76(26,27)28/h33-48H,29-32H2,1-28H3. The van der Waals surface area contributed by atoms with Crippen molar-refractivity contribution in [3.63, 3.8) is 0 Å². The van der Waals surface area contributed by atoms with Gasteiger partial charge in [0.1, 0.15) is 23.0 Å². The SMILES string of the molecule is CCc1cc(C(C)(C)C)cc(C(C)(C)C)c1OP(Oc1c(CC)cc(C(C)(C)C)cc1C(C)(C)C)c1ccc(-c2ccc(P(Oc3c(CC)cc(C(C)(C)C)cc3C(C)(C)C)Oc3c(CC)cc(C(C)(C)C)cc3C(C)(C)C)cc2)cc1. The van der Waals surface area contributed by atoms with E-state index >= 15 is 0 Å². The van der Waals surface area contributed by atoms with E-state index in [1.807, 2.05) is 0 Å². The summed E-state index contributed by atoms with van der Waals surface area (Å²) in [7, 11) is -3.36. The topological polar surface area (TPSA) is 36.9 Å². The fraction of sp³-hybridized carbons (Fsp3) is 0.526. The normalized spacial score (nSPS) is 13.3. The van der Waals surface area contributed by atoms with E-state index in [9.17, 15) is 0 Å². The van der Waals surface area contributed by atoms with Crippen molar-refractivity contribution in [2.75, 3.05) is 0 Å². The Balaban J connectivity index is 1.53. The second kappa shape index (κ2) is 24.4. The van der Waals surface area contributed by atoms with Gasteiger partial charge in [-0.25, -0.2) is 0 Å². The van der Waals surface area contributed by atoms with Crippen molar-refractivity contribution in [2.45, 2.75) is 263 Å². The summed E-state index contributed by atoms with van der Waals surface area (Å²) in [5, 5.41) is 2.03. The summed E-state index contributed by atoms with van der Waals surface area (Å²) in [5.41, 5.74) is 16.3. The molecule has 82 heavy (non-hydrogen) atoms. The summed E-state index contributed by atoms with van der Waals surface area (Å²) in [6.07, 6.45) is 3.37. The number of rotatable bonds is 15. The molecule has 6 rings (SSSR count). The minimum Gasteiger partial charge on any atom is -0.435 e. The average molecular weight is 1150 g/mol. The highest BCUT2D eigenvalue weighted by Crippen LogP contribution is 2.53. The van der Waals surface area contributed by atoms with Crippen molar-refractivity contribution in [3.8, 4) is 34.1 Å². The molecule has 0 aliphatic heterocycles. The van der Waals surface area contributed by atoms with E-state index < -0.39 is 16.8 Å². The quantitative estimate of drug-likeness (QED) is 0.0961. The van der Waals surface area contributed by atoms with Gasteiger partial charge < -0.3 is 18.1 Å². The highest BCUT2D eigenvalue weighted by molar-refractivity contribution is 7.57. The minimum absolute atomic E-state index is 0.0222. The van der Waals surface area contributed by atoms with Crippen LogP contribution in [0.5, 0.6) is 23.0 Å². The summed E-state index contributed by atoms with van der Waals surface area (Å²) in [5.74, 6) is 3.75. The summed E-state index contributed by atoms with van der Waals surface area (Å²) >= 11 is 0. The summed E-state index contributed by atoms with van der Waals surface area (Å²) in [6, 6.07) is 36.9. The van der Waals surface area contributed by atoms with Gasteiger partial charge in [-0.2, -0.15) is 0 Å². The van der Waals surface area contributed by atoms with E-state index in [1.165, 1.54) is 66.8 Å². The highest BCUT2D eigenvalue weighted by atomic mass is 31.2. The molecule has 6 heteroatoms. The van der Waals surface area contributed by atoms with Crippen LogP contribution in [-0.2, 0) is 69.0 Å². The van der Waals surface area contributed by atoms with Gasteiger partial charge in [0.15, 0.2) is 0 Å². The third kappa shape index (κ3) is 15.6. The fourth-order valence-electron chi connectivity index (χ4n) is 10.3. The first-order valence-electron chi connectivity index (χ1n) is 30.7. The van der Waals surface area contributed by atoms with E-state index in [4.69, 9.17) is 18.1 Å². The van der Waals surface area contributed by atoms with Crippen molar-refractivity contribution < 1.29 is 18.1 Å². The first-order chi connectivity index (χ1) is 37.5. The molecule has 0 aliphatic carbocycles. The maximum atomic E-state index is 7.56. The second-order valence-electron chi connectivity index (χ2n) is 31.4. The van der Waals surface area contributed by atoms with E-state index in [0.717, 1.165) is 70.4 Å². The minimum atomic E-state index is -1.68. The van der Waals surface area contributed by atoms with Crippen LogP contribution in [0.2, 0.25) is 0 Å². The van der Waals surface area contributed by atoms with Gasteiger partial charge >= 0.3 is 16.8 Å². The molecular formula is C76H108O4P2. The lowest BCUT2D eigenvalue weighted by molar-refractivity contribution is 0.459. The summed E-state index contributed by atoms with van der Waals surface area (Å²) in [4.78, 5) is 0. The molecule has 0 saturated carbocycles. The monoisotopic (exact) mass is 1150 g/mol. The van der Waals surface area contributed by atoms with Gasteiger partial charge in [-0.05, 0) is 149 Å². The number of hydrogen-bond donors (Lipinski definition) is 0. The largest absolute Gasteiger partial charge is 0.435 e. The smallest absolute Gasteiger partial charge is 0.326 e. The maximum Gasteiger partial charge on any atom is 0.326 e. The third-order valence-corrected chi connectivity index (χ3v) is 18.9. The second-order valence-corrected chi connectivity index (χ2v) is 34.2. The molecule has 0 fully saturated rings.